The number of hydrogen-bond donors (Lipinski definition) is 4. The molecule has 1 saturated heterocycles. The molecule has 1 rings (SSSR count). The fourth-order valence-corrected chi connectivity index (χ4v) is 3.55. The van der Waals surface area contributed by atoms with Gasteiger partial charge in [0.1, 0.15) is 0 Å². The van der Waals surface area contributed by atoms with Crippen LogP contribution >= 0.6 is 0 Å². The molecule has 0 aromatic rings. The number of rotatable bonds is 6. The number of aliphatic carboxylic acids is 3. The summed E-state index contributed by atoms with van der Waals surface area (Å²) < 4.78 is 0. The largest absolute Gasteiger partial charge is 0.480 e. The van der Waals surface area contributed by atoms with Crippen LogP contribution in [0.15, 0.2) is 0 Å². The highest BCUT2D eigenvalue weighted by Crippen LogP contribution is 2.12. The molecule has 1 heterocycles. The minimum Gasteiger partial charge on any atom is -0.480 e. The van der Waals surface area contributed by atoms with Gasteiger partial charge in [0.15, 0.2) is 0 Å². The average Bonchev–Trinajstić information content (AvgIpc) is 2.55. The number of carbonyl (C=O) groups is 3. The van der Waals surface area contributed by atoms with Gasteiger partial charge in [0.05, 0.1) is 19.6 Å². The van der Waals surface area contributed by atoms with E-state index in [4.69, 9.17) is 0 Å². The van der Waals surface area contributed by atoms with Crippen molar-refractivity contribution in [2.45, 2.75) is 51.9 Å². The first kappa shape index (κ1) is 24.3. The lowest BCUT2D eigenvalue weighted by Gasteiger charge is -2.40. The summed E-state index contributed by atoms with van der Waals surface area (Å²) in [5.74, 6) is -2.82. The number of nitrogens with zero attached hydrogens (tertiary/aromatic N) is 3. The number of hydrogen-bond acceptors (Lipinski definition) is 7. The zero-order valence-electron chi connectivity index (χ0n) is 17.2. The van der Waals surface area contributed by atoms with E-state index in [9.17, 15) is 29.7 Å². The second kappa shape index (κ2) is 11.3. The Balaban J connectivity index is 3.11. The number of carboxylic acids is 3. The Morgan fingerprint density at radius 3 is 1.46 bits per heavy atom. The van der Waals surface area contributed by atoms with E-state index in [2.05, 4.69) is 5.32 Å². The van der Waals surface area contributed by atoms with Crippen molar-refractivity contribution in [3.63, 3.8) is 0 Å². The molecule has 1 aliphatic rings. The molecule has 0 radical (unpaired) electrons. The van der Waals surface area contributed by atoms with Crippen molar-refractivity contribution in [1.82, 2.24) is 20.0 Å². The summed E-state index contributed by atoms with van der Waals surface area (Å²) >= 11 is 0. The van der Waals surface area contributed by atoms with Gasteiger partial charge in [0.2, 0.25) is 0 Å². The molecule has 0 saturated carbocycles. The smallest absolute Gasteiger partial charge is 0.317 e. The van der Waals surface area contributed by atoms with Crippen LogP contribution in [0.2, 0.25) is 0 Å². The first-order chi connectivity index (χ1) is 13.0. The van der Waals surface area contributed by atoms with E-state index >= 15 is 0 Å². The highest BCUT2D eigenvalue weighted by atomic mass is 16.4. The van der Waals surface area contributed by atoms with Crippen LogP contribution < -0.4 is 5.32 Å². The molecular weight excluding hydrogens is 368 g/mol. The topological polar surface area (TPSA) is 134 Å². The molecule has 1 fully saturated rings. The van der Waals surface area contributed by atoms with Gasteiger partial charge in [-0.05, 0) is 27.7 Å². The van der Waals surface area contributed by atoms with E-state index in [1.165, 1.54) is 0 Å². The molecule has 10 heteroatoms. The summed E-state index contributed by atoms with van der Waals surface area (Å²) in [4.78, 5) is 39.4. The van der Waals surface area contributed by atoms with Gasteiger partial charge in [-0.3, -0.25) is 29.1 Å². The molecule has 0 amide bonds. The van der Waals surface area contributed by atoms with Crippen molar-refractivity contribution in [3.05, 3.63) is 0 Å². The van der Waals surface area contributed by atoms with E-state index < -0.39 is 17.9 Å². The van der Waals surface area contributed by atoms with Crippen LogP contribution in [0, 0.1) is 0 Å². The van der Waals surface area contributed by atoms with Gasteiger partial charge in [-0.25, -0.2) is 0 Å². The fourth-order valence-electron chi connectivity index (χ4n) is 3.55. The van der Waals surface area contributed by atoms with Crippen LogP contribution in [-0.2, 0) is 14.4 Å². The van der Waals surface area contributed by atoms with Crippen LogP contribution in [0.5, 0.6) is 0 Å². The van der Waals surface area contributed by atoms with Gasteiger partial charge < -0.3 is 20.6 Å². The molecule has 0 aliphatic carbocycles. The summed E-state index contributed by atoms with van der Waals surface area (Å²) in [5, 5.41) is 31.2. The molecule has 28 heavy (non-hydrogen) atoms. The Labute approximate surface area is 166 Å². The molecule has 162 valence electrons. The van der Waals surface area contributed by atoms with Gasteiger partial charge in [-0.1, -0.05) is 0 Å². The maximum absolute atomic E-state index is 11.4. The highest BCUT2D eigenvalue weighted by Gasteiger charge is 2.29. The molecule has 1 aliphatic heterocycles. The van der Waals surface area contributed by atoms with Crippen LogP contribution in [0.4, 0.5) is 0 Å². The lowest BCUT2D eigenvalue weighted by molar-refractivity contribution is -0.142. The van der Waals surface area contributed by atoms with Crippen LogP contribution in [0.3, 0.4) is 0 Å². The van der Waals surface area contributed by atoms with E-state index in [1.54, 1.807) is 4.90 Å². The predicted molar refractivity (Wildman–Crippen MR) is 103 cm³/mol. The van der Waals surface area contributed by atoms with Gasteiger partial charge in [0, 0.05) is 50.3 Å². The van der Waals surface area contributed by atoms with Gasteiger partial charge >= 0.3 is 17.9 Å². The minimum atomic E-state index is -0.969. The summed E-state index contributed by atoms with van der Waals surface area (Å²) in [6.07, 6.45) is 0. The third-order valence-corrected chi connectivity index (χ3v) is 5.15. The second-order valence-electron chi connectivity index (χ2n) is 7.83. The van der Waals surface area contributed by atoms with Crippen molar-refractivity contribution in [2.75, 3.05) is 45.8 Å². The first-order valence-electron chi connectivity index (χ1n) is 9.60. The van der Waals surface area contributed by atoms with E-state index in [1.807, 2.05) is 37.5 Å². The second-order valence-corrected chi connectivity index (χ2v) is 7.83. The van der Waals surface area contributed by atoms with Crippen molar-refractivity contribution < 1.29 is 29.7 Å². The third-order valence-electron chi connectivity index (χ3n) is 5.15. The number of carboxylic acid groups (broad SMARTS) is 3. The maximum Gasteiger partial charge on any atom is 0.317 e. The van der Waals surface area contributed by atoms with Crippen molar-refractivity contribution in [3.8, 4) is 0 Å². The minimum absolute atomic E-state index is 0.000650. The van der Waals surface area contributed by atoms with Crippen LogP contribution in [-0.4, -0.2) is 118 Å². The van der Waals surface area contributed by atoms with Gasteiger partial charge in [-0.2, -0.15) is 0 Å². The standard InChI is InChI=1S/C18H34N4O6/c1-12-6-20(9-16(23)24)14(3)8-22(11-18(27)28)15(4)7-21(10-17(25)26)13(2)5-19-12/h12-15,19H,5-11H2,1-4H3,(H,23,24)(H,25,26)(H,27,28)/t12-,13-,14-,15-/m0/s1. The SMILES string of the molecule is C[C@H]1CN(CC(=O)O)[C@@H](C)CN(CC(=O)O)[C@@H](C)CN(CC(=O)O)[C@@H](C)CN1. The van der Waals surface area contributed by atoms with Crippen LogP contribution in [0.1, 0.15) is 27.7 Å². The summed E-state index contributed by atoms with van der Waals surface area (Å²) in [7, 11) is 0. The highest BCUT2D eigenvalue weighted by molar-refractivity contribution is 5.70. The molecule has 0 unspecified atom stereocenters. The Bertz CT molecular complexity index is 532. The van der Waals surface area contributed by atoms with Crippen LogP contribution in [0.25, 0.3) is 0 Å². The average molecular weight is 402 g/mol. The van der Waals surface area contributed by atoms with Gasteiger partial charge in [0.25, 0.3) is 0 Å². The van der Waals surface area contributed by atoms with Crippen molar-refractivity contribution >= 4 is 17.9 Å². The lowest BCUT2D eigenvalue weighted by atomic mass is 10.1. The third kappa shape index (κ3) is 8.51. The Morgan fingerprint density at radius 2 is 1.07 bits per heavy atom. The Morgan fingerprint density at radius 1 is 0.714 bits per heavy atom. The molecule has 4 atom stereocenters. The molecule has 0 aromatic carbocycles. The summed E-state index contributed by atoms with van der Waals surface area (Å²) in [6, 6.07) is -0.450. The van der Waals surface area contributed by atoms with Crippen molar-refractivity contribution in [1.29, 1.82) is 0 Å². The van der Waals surface area contributed by atoms with Gasteiger partial charge in [-0.15, -0.1) is 0 Å². The zero-order valence-corrected chi connectivity index (χ0v) is 17.2. The Hall–Kier alpha value is -1.75. The normalized spacial score (nSPS) is 29.6. The molecular formula is C18H34N4O6. The molecule has 0 bridgehead atoms. The monoisotopic (exact) mass is 402 g/mol. The number of nitrogens with one attached hydrogen (secondary N) is 1. The quantitative estimate of drug-likeness (QED) is 0.452. The van der Waals surface area contributed by atoms with Crippen molar-refractivity contribution in [2.24, 2.45) is 0 Å². The Kier molecular flexibility index (Phi) is 9.80. The lowest BCUT2D eigenvalue weighted by Crippen LogP contribution is -2.57. The molecule has 0 spiro atoms. The maximum atomic E-state index is 11.4. The summed E-state index contributed by atoms with van der Waals surface area (Å²) in [6.45, 7) is 9.05. The zero-order chi connectivity index (χ0) is 21.4. The fraction of sp³-hybridized carbons (Fsp3) is 0.833. The summed E-state index contributed by atoms with van der Waals surface area (Å²) in [5.41, 5.74) is 0. The molecule has 10 nitrogen and oxygen atoms in total. The van der Waals surface area contributed by atoms with E-state index in [0.717, 1.165) is 0 Å². The van der Waals surface area contributed by atoms with E-state index in [0.29, 0.717) is 26.2 Å². The molecule has 4 N–H and O–H groups in total. The first-order valence-corrected chi connectivity index (χ1v) is 9.60. The molecule has 0 aromatic heterocycles. The van der Waals surface area contributed by atoms with E-state index in [-0.39, 0.29) is 43.8 Å². The predicted octanol–water partition coefficient (Wildman–Crippen LogP) is -0.697.